The van der Waals surface area contributed by atoms with E-state index in [9.17, 15) is 9.18 Å². The van der Waals surface area contributed by atoms with E-state index in [2.05, 4.69) is 5.32 Å². The Kier molecular flexibility index (Phi) is 5.65. The highest BCUT2D eigenvalue weighted by Gasteiger charge is 2.11. The molecule has 0 aliphatic carbocycles. The number of urea groups is 1. The standard InChI is InChI=1S/C15H15ClFN3OS/c1-9-7-11(17)6-5-10(9)8-22-14-12(16)3-2-4-13(14)19-15(21)20-18/h2-7H,8,18H2,1H3,(H2,19,20,21). The maximum absolute atomic E-state index is 13.1. The van der Waals surface area contributed by atoms with Gasteiger partial charge in [-0.15, -0.1) is 11.8 Å². The zero-order valence-electron chi connectivity index (χ0n) is 11.8. The second kappa shape index (κ2) is 7.49. The fraction of sp³-hybridized carbons (Fsp3) is 0.133. The molecule has 0 aliphatic heterocycles. The monoisotopic (exact) mass is 339 g/mol. The molecule has 2 aromatic rings. The summed E-state index contributed by atoms with van der Waals surface area (Å²) in [5.74, 6) is 5.42. The van der Waals surface area contributed by atoms with Gasteiger partial charge in [-0.25, -0.2) is 15.0 Å². The first kappa shape index (κ1) is 16.6. The number of carbonyl (C=O) groups is 1. The first-order chi connectivity index (χ1) is 10.5. The van der Waals surface area contributed by atoms with E-state index >= 15 is 0 Å². The molecule has 4 N–H and O–H groups in total. The summed E-state index contributed by atoms with van der Waals surface area (Å²) in [6.07, 6.45) is 0. The van der Waals surface area contributed by atoms with Crippen molar-refractivity contribution < 1.29 is 9.18 Å². The lowest BCUT2D eigenvalue weighted by molar-refractivity contribution is 0.252. The van der Waals surface area contributed by atoms with Crippen LogP contribution in [0.4, 0.5) is 14.9 Å². The van der Waals surface area contributed by atoms with Crippen molar-refractivity contribution >= 4 is 35.1 Å². The van der Waals surface area contributed by atoms with Crippen molar-refractivity contribution in [3.05, 3.63) is 58.4 Å². The molecular formula is C15H15ClFN3OS. The number of nitrogens with one attached hydrogen (secondary N) is 2. The van der Waals surface area contributed by atoms with E-state index in [4.69, 9.17) is 17.4 Å². The molecule has 2 aromatic carbocycles. The van der Waals surface area contributed by atoms with Crippen LogP contribution in [0.5, 0.6) is 0 Å². The van der Waals surface area contributed by atoms with E-state index in [0.29, 0.717) is 16.5 Å². The van der Waals surface area contributed by atoms with Gasteiger partial charge in [0.15, 0.2) is 0 Å². The molecule has 0 fully saturated rings. The van der Waals surface area contributed by atoms with E-state index < -0.39 is 6.03 Å². The number of hydrogen-bond acceptors (Lipinski definition) is 3. The lowest BCUT2D eigenvalue weighted by Crippen LogP contribution is -2.34. The van der Waals surface area contributed by atoms with Gasteiger partial charge in [-0.3, -0.25) is 5.43 Å². The van der Waals surface area contributed by atoms with Gasteiger partial charge in [-0.1, -0.05) is 23.7 Å². The molecule has 0 aromatic heterocycles. The molecule has 7 heteroatoms. The normalized spacial score (nSPS) is 10.4. The SMILES string of the molecule is Cc1cc(F)ccc1CSc1c(Cl)cccc1NC(=O)NN. The van der Waals surface area contributed by atoms with Gasteiger partial charge in [0.05, 0.1) is 10.7 Å². The van der Waals surface area contributed by atoms with E-state index in [-0.39, 0.29) is 5.82 Å². The van der Waals surface area contributed by atoms with E-state index in [0.717, 1.165) is 16.0 Å². The molecule has 0 radical (unpaired) electrons. The molecule has 0 atom stereocenters. The lowest BCUT2D eigenvalue weighted by atomic mass is 10.1. The lowest BCUT2D eigenvalue weighted by Gasteiger charge is -2.13. The van der Waals surface area contributed by atoms with E-state index in [1.165, 1.54) is 23.9 Å². The molecule has 0 bridgehead atoms. The molecule has 0 heterocycles. The molecule has 0 spiro atoms. The number of rotatable bonds is 4. The molecule has 2 amide bonds. The van der Waals surface area contributed by atoms with Crippen molar-refractivity contribution in [1.82, 2.24) is 5.43 Å². The Bertz CT molecular complexity index is 696. The number of hydrogen-bond donors (Lipinski definition) is 3. The summed E-state index contributed by atoms with van der Waals surface area (Å²) in [6, 6.07) is 9.35. The second-order valence-electron chi connectivity index (χ2n) is 4.57. The predicted octanol–water partition coefficient (Wildman–Crippen LogP) is 4.08. The zero-order chi connectivity index (χ0) is 16.1. The molecule has 116 valence electrons. The quantitative estimate of drug-likeness (QED) is 0.340. The summed E-state index contributed by atoms with van der Waals surface area (Å²) in [6.45, 7) is 1.85. The highest BCUT2D eigenvalue weighted by atomic mass is 35.5. The Morgan fingerprint density at radius 2 is 2.14 bits per heavy atom. The second-order valence-corrected chi connectivity index (χ2v) is 5.97. The van der Waals surface area contributed by atoms with Crippen LogP contribution in [0.2, 0.25) is 5.02 Å². The molecule has 0 aliphatic rings. The zero-order valence-corrected chi connectivity index (χ0v) is 13.4. The summed E-state index contributed by atoms with van der Waals surface area (Å²) in [5, 5.41) is 3.15. The summed E-state index contributed by atoms with van der Waals surface area (Å²) in [4.78, 5) is 12.1. The molecule has 22 heavy (non-hydrogen) atoms. The van der Waals surface area contributed by atoms with Gasteiger partial charge in [-0.2, -0.15) is 0 Å². The largest absolute Gasteiger partial charge is 0.333 e. The van der Waals surface area contributed by atoms with Gasteiger partial charge in [0, 0.05) is 10.6 Å². The first-order valence-electron chi connectivity index (χ1n) is 6.45. The van der Waals surface area contributed by atoms with Gasteiger partial charge in [0.2, 0.25) is 0 Å². The topological polar surface area (TPSA) is 67.2 Å². The number of hydrazine groups is 1. The average Bonchev–Trinajstić information content (AvgIpc) is 2.48. The van der Waals surface area contributed by atoms with Crippen molar-refractivity contribution in [3.63, 3.8) is 0 Å². The third kappa shape index (κ3) is 4.13. The number of thioether (sulfide) groups is 1. The molecule has 0 unspecified atom stereocenters. The van der Waals surface area contributed by atoms with Crippen LogP contribution >= 0.6 is 23.4 Å². The van der Waals surface area contributed by atoms with Gasteiger partial charge >= 0.3 is 6.03 Å². The number of aryl methyl sites for hydroxylation is 1. The van der Waals surface area contributed by atoms with Crippen molar-refractivity contribution in [3.8, 4) is 0 Å². The van der Waals surface area contributed by atoms with Crippen LogP contribution in [-0.2, 0) is 5.75 Å². The smallest absolute Gasteiger partial charge is 0.306 e. The van der Waals surface area contributed by atoms with Crippen LogP contribution in [-0.4, -0.2) is 6.03 Å². The molecular weight excluding hydrogens is 325 g/mol. The van der Waals surface area contributed by atoms with Crippen LogP contribution in [0.15, 0.2) is 41.3 Å². The van der Waals surface area contributed by atoms with Crippen molar-refractivity contribution in [1.29, 1.82) is 0 Å². The van der Waals surface area contributed by atoms with Crippen LogP contribution in [0.3, 0.4) is 0 Å². The van der Waals surface area contributed by atoms with Crippen LogP contribution in [0.1, 0.15) is 11.1 Å². The Hall–Kier alpha value is -1.76. The first-order valence-corrected chi connectivity index (χ1v) is 7.81. The van der Waals surface area contributed by atoms with Gasteiger partial charge in [0.25, 0.3) is 0 Å². The van der Waals surface area contributed by atoms with E-state index in [1.807, 2.05) is 12.3 Å². The Morgan fingerprint density at radius 1 is 1.36 bits per heavy atom. The summed E-state index contributed by atoms with van der Waals surface area (Å²) >= 11 is 7.67. The number of benzene rings is 2. The minimum Gasteiger partial charge on any atom is -0.306 e. The Balaban J connectivity index is 2.19. The number of amides is 2. The van der Waals surface area contributed by atoms with Crippen LogP contribution < -0.4 is 16.6 Å². The maximum atomic E-state index is 13.1. The molecule has 0 saturated carbocycles. The number of nitrogens with two attached hydrogens (primary N) is 1. The van der Waals surface area contributed by atoms with Crippen molar-refractivity contribution in [2.45, 2.75) is 17.6 Å². The Labute approximate surface area is 137 Å². The third-order valence-electron chi connectivity index (χ3n) is 3.02. The molecule has 2 rings (SSSR count). The number of anilines is 1. The fourth-order valence-corrected chi connectivity index (χ4v) is 3.33. The molecule has 0 saturated heterocycles. The average molecular weight is 340 g/mol. The summed E-state index contributed by atoms with van der Waals surface area (Å²) < 4.78 is 13.1. The molecule has 4 nitrogen and oxygen atoms in total. The predicted molar refractivity (Wildman–Crippen MR) is 88.5 cm³/mol. The summed E-state index contributed by atoms with van der Waals surface area (Å²) in [5.41, 5.74) is 4.44. The minimum atomic E-state index is -0.526. The number of halogens is 2. The van der Waals surface area contributed by atoms with Crippen molar-refractivity contribution in [2.75, 3.05) is 5.32 Å². The van der Waals surface area contributed by atoms with Gasteiger partial charge in [0.1, 0.15) is 5.82 Å². The highest BCUT2D eigenvalue weighted by molar-refractivity contribution is 7.98. The van der Waals surface area contributed by atoms with Crippen LogP contribution in [0, 0.1) is 12.7 Å². The maximum Gasteiger partial charge on any atom is 0.333 e. The third-order valence-corrected chi connectivity index (χ3v) is 4.63. The van der Waals surface area contributed by atoms with Gasteiger partial charge in [-0.05, 0) is 42.3 Å². The minimum absolute atomic E-state index is 0.258. The Morgan fingerprint density at radius 3 is 2.82 bits per heavy atom. The van der Waals surface area contributed by atoms with Crippen LogP contribution in [0.25, 0.3) is 0 Å². The summed E-state index contributed by atoms with van der Waals surface area (Å²) in [7, 11) is 0. The fourth-order valence-electron chi connectivity index (χ4n) is 1.88. The van der Waals surface area contributed by atoms with Gasteiger partial charge < -0.3 is 5.32 Å². The number of carbonyl (C=O) groups excluding carboxylic acids is 1. The highest BCUT2D eigenvalue weighted by Crippen LogP contribution is 2.36. The van der Waals surface area contributed by atoms with E-state index in [1.54, 1.807) is 24.3 Å². The van der Waals surface area contributed by atoms with Crippen molar-refractivity contribution in [2.24, 2.45) is 5.84 Å².